The molecule has 3 rings (SSSR count). The Balaban J connectivity index is 1.39. The number of nitrogens with one attached hydrogen (secondary N) is 1. The third-order valence-electron chi connectivity index (χ3n) is 4.38. The molecule has 2 aliphatic carbocycles. The summed E-state index contributed by atoms with van der Waals surface area (Å²) >= 11 is 0. The molecule has 1 N–H and O–H groups in total. The van der Waals surface area contributed by atoms with Gasteiger partial charge in [-0.15, -0.1) is 0 Å². The first-order valence-corrected chi connectivity index (χ1v) is 8.47. The molecule has 2 aliphatic rings. The molecule has 3 heteroatoms. The Morgan fingerprint density at radius 3 is 2.57 bits per heavy atom. The van der Waals surface area contributed by atoms with Gasteiger partial charge in [0.1, 0.15) is 12.4 Å². The van der Waals surface area contributed by atoms with Crippen molar-refractivity contribution in [2.75, 3.05) is 13.2 Å². The van der Waals surface area contributed by atoms with Gasteiger partial charge < -0.3 is 14.8 Å². The lowest BCUT2D eigenvalue weighted by atomic mass is 9.98. The van der Waals surface area contributed by atoms with Gasteiger partial charge in [0, 0.05) is 18.2 Å². The van der Waals surface area contributed by atoms with Crippen LogP contribution in [0.5, 0.6) is 5.75 Å². The maximum Gasteiger partial charge on any atom is 0.123 e. The molecule has 0 spiro atoms. The fraction of sp³-hybridized carbons (Fsp3) is 0.667. The third kappa shape index (κ3) is 5.01. The molecular formula is C18H27NO2. The van der Waals surface area contributed by atoms with Crippen LogP contribution in [0.15, 0.2) is 24.3 Å². The minimum atomic E-state index is 0.467. The summed E-state index contributed by atoms with van der Waals surface area (Å²) in [6, 6.07) is 9.05. The minimum absolute atomic E-state index is 0.467. The van der Waals surface area contributed by atoms with Crippen LogP contribution in [-0.4, -0.2) is 25.4 Å². The average molecular weight is 289 g/mol. The van der Waals surface area contributed by atoms with Gasteiger partial charge in [0.2, 0.25) is 0 Å². The summed E-state index contributed by atoms with van der Waals surface area (Å²) in [6.45, 7) is 2.26. The van der Waals surface area contributed by atoms with Crippen molar-refractivity contribution in [3.05, 3.63) is 29.8 Å². The highest BCUT2D eigenvalue weighted by atomic mass is 16.5. The van der Waals surface area contributed by atoms with Gasteiger partial charge in [-0.3, -0.25) is 0 Å². The molecule has 0 aromatic heterocycles. The summed E-state index contributed by atoms with van der Waals surface area (Å²) in [5, 5.41) is 3.54. The number of ether oxygens (including phenoxy) is 2. The van der Waals surface area contributed by atoms with Crippen LogP contribution in [0.4, 0.5) is 0 Å². The molecule has 21 heavy (non-hydrogen) atoms. The zero-order valence-corrected chi connectivity index (χ0v) is 12.9. The summed E-state index contributed by atoms with van der Waals surface area (Å²) in [6.07, 6.45) is 9.56. The molecule has 0 amide bonds. The van der Waals surface area contributed by atoms with E-state index in [9.17, 15) is 0 Å². The first kappa shape index (κ1) is 14.9. The predicted molar refractivity (Wildman–Crippen MR) is 84.6 cm³/mol. The molecule has 0 radical (unpaired) electrons. The second-order valence-electron chi connectivity index (χ2n) is 6.24. The molecule has 0 unspecified atom stereocenters. The van der Waals surface area contributed by atoms with Crippen molar-refractivity contribution in [1.82, 2.24) is 5.32 Å². The highest BCUT2D eigenvalue weighted by Gasteiger charge is 2.20. The monoisotopic (exact) mass is 289 g/mol. The van der Waals surface area contributed by atoms with Gasteiger partial charge in [-0.25, -0.2) is 0 Å². The van der Waals surface area contributed by atoms with E-state index in [1.807, 2.05) is 6.07 Å². The fourth-order valence-electron chi connectivity index (χ4n) is 2.93. The van der Waals surface area contributed by atoms with Gasteiger partial charge in [0.25, 0.3) is 0 Å². The van der Waals surface area contributed by atoms with Crippen molar-refractivity contribution in [1.29, 1.82) is 0 Å². The summed E-state index contributed by atoms with van der Waals surface area (Å²) in [5.41, 5.74) is 1.25. The van der Waals surface area contributed by atoms with E-state index in [-0.39, 0.29) is 0 Å². The van der Waals surface area contributed by atoms with Gasteiger partial charge in [-0.1, -0.05) is 37.5 Å². The zero-order valence-electron chi connectivity index (χ0n) is 12.9. The Morgan fingerprint density at radius 2 is 1.76 bits per heavy atom. The van der Waals surface area contributed by atoms with E-state index in [1.165, 1.54) is 50.5 Å². The van der Waals surface area contributed by atoms with E-state index in [0.29, 0.717) is 19.3 Å². The smallest absolute Gasteiger partial charge is 0.123 e. The van der Waals surface area contributed by atoms with Crippen molar-refractivity contribution in [3.63, 3.8) is 0 Å². The van der Waals surface area contributed by atoms with Crippen molar-refractivity contribution >= 4 is 0 Å². The Morgan fingerprint density at radius 1 is 0.952 bits per heavy atom. The molecule has 1 aromatic rings. The van der Waals surface area contributed by atoms with E-state index >= 15 is 0 Å². The molecule has 1 aromatic carbocycles. The topological polar surface area (TPSA) is 30.5 Å². The first-order chi connectivity index (χ1) is 10.4. The lowest BCUT2D eigenvalue weighted by Gasteiger charge is -2.22. The molecule has 2 saturated carbocycles. The summed E-state index contributed by atoms with van der Waals surface area (Å²) < 4.78 is 11.8. The maximum atomic E-state index is 5.92. The average Bonchev–Trinajstić information content (AvgIpc) is 3.36. The molecule has 0 aliphatic heterocycles. The van der Waals surface area contributed by atoms with Gasteiger partial charge in [-0.2, -0.15) is 0 Å². The molecule has 0 heterocycles. The highest BCUT2D eigenvalue weighted by Crippen LogP contribution is 2.23. The van der Waals surface area contributed by atoms with E-state index < -0.39 is 0 Å². The largest absolute Gasteiger partial charge is 0.491 e. The standard InChI is InChI=1S/C18H27NO2/c1-2-7-17(8-3-1)20-12-13-21-18-9-5-4-6-15(18)14-19-16-10-11-16/h4-6,9,16-17,19H,1-3,7-8,10-14H2. The summed E-state index contributed by atoms with van der Waals surface area (Å²) in [7, 11) is 0. The number of hydrogen-bond acceptors (Lipinski definition) is 3. The van der Waals surface area contributed by atoms with Crippen LogP contribution >= 0.6 is 0 Å². The van der Waals surface area contributed by atoms with Crippen molar-refractivity contribution in [2.45, 2.75) is 63.6 Å². The summed E-state index contributed by atoms with van der Waals surface area (Å²) in [5.74, 6) is 0.998. The van der Waals surface area contributed by atoms with Gasteiger partial charge in [0.15, 0.2) is 0 Å². The Bertz CT molecular complexity index is 425. The number of rotatable bonds is 8. The van der Waals surface area contributed by atoms with E-state index in [4.69, 9.17) is 9.47 Å². The zero-order chi connectivity index (χ0) is 14.3. The molecule has 116 valence electrons. The quantitative estimate of drug-likeness (QED) is 0.741. The van der Waals surface area contributed by atoms with E-state index in [2.05, 4.69) is 23.5 Å². The van der Waals surface area contributed by atoms with E-state index in [0.717, 1.165) is 18.3 Å². The SMILES string of the molecule is c1ccc(OCCOC2CCCCC2)c(CNC2CC2)c1. The highest BCUT2D eigenvalue weighted by molar-refractivity contribution is 5.33. The minimum Gasteiger partial charge on any atom is -0.491 e. The molecule has 2 fully saturated rings. The maximum absolute atomic E-state index is 5.92. The molecule has 3 nitrogen and oxygen atoms in total. The predicted octanol–water partition coefficient (Wildman–Crippen LogP) is 3.67. The number of hydrogen-bond donors (Lipinski definition) is 1. The van der Waals surface area contributed by atoms with Crippen LogP contribution in [0.25, 0.3) is 0 Å². The second-order valence-corrected chi connectivity index (χ2v) is 6.24. The number of benzene rings is 1. The van der Waals surface area contributed by atoms with Crippen LogP contribution < -0.4 is 10.1 Å². The normalized spacial score (nSPS) is 19.6. The number of para-hydroxylation sites is 1. The van der Waals surface area contributed by atoms with Crippen molar-refractivity contribution in [3.8, 4) is 5.75 Å². The lowest BCUT2D eigenvalue weighted by molar-refractivity contribution is 0.0128. The van der Waals surface area contributed by atoms with Gasteiger partial charge in [-0.05, 0) is 31.7 Å². The Labute approximate surface area is 128 Å². The van der Waals surface area contributed by atoms with Crippen LogP contribution in [0.3, 0.4) is 0 Å². The van der Waals surface area contributed by atoms with E-state index in [1.54, 1.807) is 0 Å². The second kappa shape index (κ2) is 7.81. The van der Waals surface area contributed by atoms with Crippen molar-refractivity contribution in [2.24, 2.45) is 0 Å². The lowest BCUT2D eigenvalue weighted by Crippen LogP contribution is -2.20. The van der Waals surface area contributed by atoms with Crippen LogP contribution in [0.2, 0.25) is 0 Å². The summed E-state index contributed by atoms with van der Waals surface area (Å²) in [4.78, 5) is 0. The van der Waals surface area contributed by atoms with Gasteiger partial charge >= 0.3 is 0 Å². The van der Waals surface area contributed by atoms with Crippen LogP contribution in [0, 0.1) is 0 Å². The van der Waals surface area contributed by atoms with Crippen LogP contribution in [-0.2, 0) is 11.3 Å². The van der Waals surface area contributed by atoms with Crippen LogP contribution in [0.1, 0.15) is 50.5 Å². The molecular weight excluding hydrogens is 262 g/mol. The molecule has 0 bridgehead atoms. The Hall–Kier alpha value is -1.06. The Kier molecular flexibility index (Phi) is 5.53. The van der Waals surface area contributed by atoms with Gasteiger partial charge in [0.05, 0.1) is 12.7 Å². The third-order valence-corrected chi connectivity index (χ3v) is 4.38. The molecule has 0 saturated heterocycles. The molecule has 0 atom stereocenters. The van der Waals surface area contributed by atoms with Crippen molar-refractivity contribution < 1.29 is 9.47 Å². The first-order valence-electron chi connectivity index (χ1n) is 8.47. The fourth-order valence-corrected chi connectivity index (χ4v) is 2.93.